The van der Waals surface area contributed by atoms with Gasteiger partial charge in [0.05, 0.1) is 0 Å². The highest BCUT2D eigenvalue weighted by molar-refractivity contribution is 5.77. The summed E-state index contributed by atoms with van der Waals surface area (Å²) in [5, 5.41) is 5.63. The summed E-state index contributed by atoms with van der Waals surface area (Å²) in [6.07, 6.45) is 3.71. The van der Waals surface area contributed by atoms with Crippen LogP contribution in [0, 0.1) is 11.6 Å². The maximum atomic E-state index is 13.8. The zero-order valence-corrected chi connectivity index (χ0v) is 11.6. The molecule has 0 atom stereocenters. The fourth-order valence-corrected chi connectivity index (χ4v) is 1.78. The minimum absolute atomic E-state index is 0.277. The first kappa shape index (κ1) is 15.4. The Hall–Kier alpha value is -1.95. The third-order valence-electron chi connectivity index (χ3n) is 3.02. The smallest absolute Gasteiger partial charge is 0.258 e. The first-order valence-corrected chi connectivity index (χ1v) is 6.82. The number of nitrogens with one attached hydrogen (secondary N) is 2. The molecule has 21 heavy (non-hydrogen) atoms. The lowest BCUT2D eigenvalue weighted by Gasteiger charge is -2.10. The summed E-state index contributed by atoms with van der Waals surface area (Å²) in [5.41, 5.74) is 0.514. The lowest BCUT2D eigenvalue weighted by molar-refractivity contribution is -0.122. The van der Waals surface area contributed by atoms with E-state index >= 15 is 0 Å². The fourth-order valence-electron chi connectivity index (χ4n) is 1.78. The van der Waals surface area contributed by atoms with E-state index in [-0.39, 0.29) is 6.54 Å². The van der Waals surface area contributed by atoms with Crippen molar-refractivity contribution in [2.75, 3.05) is 13.2 Å². The highest BCUT2D eigenvalue weighted by atomic mass is 19.1. The molecule has 6 heteroatoms. The topological polar surface area (TPSA) is 50.4 Å². The third kappa shape index (κ3) is 4.82. The second-order valence-electron chi connectivity index (χ2n) is 4.93. The Morgan fingerprint density at radius 3 is 2.62 bits per heavy atom. The van der Waals surface area contributed by atoms with Gasteiger partial charge in [-0.05, 0) is 30.5 Å². The largest absolute Gasteiger partial charge is 0.478 e. The van der Waals surface area contributed by atoms with Crippen molar-refractivity contribution in [2.24, 2.45) is 0 Å². The predicted molar refractivity (Wildman–Crippen MR) is 74.9 cm³/mol. The van der Waals surface area contributed by atoms with Crippen LogP contribution < -0.4 is 15.4 Å². The molecule has 4 nitrogen and oxygen atoms in total. The summed E-state index contributed by atoms with van der Waals surface area (Å²) in [4.78, 5) is 11.3. The highest BCUT2D eigenvalue weighted by Crippen LogP contribution is 2.24. The predicted octanol–water partition coefficient (Wildman–Crippen LogP) is 1.90. The average molecular weight is 296 g/mol. The van der Waals surface area contributed by atoms with Crippen LogP contribution in [0.15, 0.2) is 24.8 Å². The van der Waals surface area contributed by atoms with Crippen LogP contribution in [0.3, 0.4) is 0 Å². The highest BCUT2D eigenvalue weighted by Gasteiger charge is 2.21. The lowest BCUT2D eigenvalue weighted by Crippen LogP contribution is -2.29. The van der Waals surface area contributed by atoms with Crippen LogP contribution in [0.1, 0.15) is 18.4 Å². The maximum Gasteiger partial charge on any atom is 0.258 e. The second-order valence-corrected chi connectivity index (χ2v) is 4.93. The molecule has 0 radical (unpaired) electrons. The summed E-state index contributed by atoms with van der Waals surface area (Å²) in [5.74, 6) is -2.61. The molecule has 1 fully saturated rings. The minimum atomic E-state index is -0.806. The normalized spacial score (nSPS) is 13.8. The number of halogens is 2. The number of carbonyl (C=O) groups excluding carboxylic acids is 1. The van der Waals surface area contributed by atoms with E-state index in [2.05, 4.69) is 17.2 Å². The first-order valence-electron chi connectivity index (χ1n) is 6.82. The molecule has 114 valence electrons. The van der Waals surface area contributed by atoms with Gasteiger partial charge in [0.25, 0.3) is 5.91 Å². The summed E-state index contributed by atoms with van der Waals surface area (Å²) in [7, 11) is 0. The molecular weight excluding hydrogens is 278 g/mol. The van der Waals surface area contributed by atoms with Gasteiger partial charge in [0.15, 0.2) is 24.0 Å². The number of amides is 1. The number of ether oxygens (including phenoxy) is 1. The number of rotatable bonds is 8. The van der Waals surface area contributed by atoms with Gasteiger partial charge in [-0.15, -0.1) is 6.58 Å². The Morgan fingerprint density at radius 1 is 1.38 bits per heavy atom. The van der Waals surface area contributed by atoms with Gasteiger partial charge >= 0.3 is 0 Å². The molecule has 1 aliphatic rings. The summed E-state index contributed by atoms with van der Waals surface area (Å²) < 4.78 is 32.5. The molecule has 0 aromatic heterocycles. The quantitative estimate of drug-likeness (QED) is 0.720. The maximum absolute atomic E-state index is 13.8. The van der Waals surface area contributed by atoms with Gasteiger partial charge in [0, 0.05) is 19.1 Å². The molecule has 1 aromatic rings. The van der Waals surface area contributed by atoms with Gasteiger partial charge in [-0.1, -0.05) is 6.08 Å². The molecular formula is C15H18F2N2O2. The van der Waals surface area contributed by atoms with Crippen molar-refractivity contribution in [1.29, 1.82) is 0 Å². The van der Waals surface area contributed by atoms with E-state index in [1.165, 1.54) is 18.2 Å². The molecule has 0 saturated heterocycles. The Kier molecular flexibility index (Phi) is 5.27. The number of hydrogen-bond acceptors (Lipinski definition) is 3. The zero-order chi connectivity index (χ0) is 15.2. The van der Waals surface area contributed by atoms with Gasteiger partial charge in [-0.25, -0.2) is 8.78 Å². The van der Waals surface area contributed by atoms with Crippen molar-refractivity contribution in [1.82, 2.24) is 10.6 Å². The van der Waals surface area contributed by atoms with Crippen LogP contribution in [0.2, 0.25) is 0 Å². The van der Waals surface area contributed by atoms with E-state index in [0.717, 1.165) is 12.8 Å². The zero-order valence-electron chi connectivity index (χ0n) is 11.6. The van der Waals surface area contributed by atoms with Gasteiger partial charge in [0.1, 0.15) is 0 Å². The second kappa shape index (κ2) is 7.17. The van der Waals surface area contributed by atoms with Crippen molar-refractivity contribution in [2.45, 2.75) is 25.4 Å². The third-order valence-corrected chi connectivity index (χ3v) is 3.02. The lowest BCUT2D eigenvalue weighted by atomic mass is 10.2. The fraction of sp³-hybridized carbons (Fsp3) is 0.400. The van der Waals surface area contributed by atoms with E-state index in [4.69, 9.17) is 4.74 Å². The van der Waals surface area contributed by atoms with Crippen molar-refractivity contribution in [3.63, 3.8) is 0 Å². The molecule has 0 unspecified atom stereocenters. The first-order chi connectivity index (χ1) is 10.1. The summed E-state index contributed by atoms with van der Waals surface area (Å²) in [6.45, 7) is 3.69. The van der Waals surface area contributed by atoms with Gasteiger partial charge in [0.2, 0.25) is 0 Å². The molecule has 0 bridgehead atoms. The van der Waals surface area contributed by atoms with Crippen LogP contribution in [0.4, 0.5) is 8.78 Å². The van der Waals surface area contributed by atoms with Crippen LogP contribution in [0.5, 0.6) is 5.75 Å². The number of carbonyl (C=O) groups is 1. The SMILES string of the molecule is C=CCNC(=O)COc1c(F)cc(CNC2CC2)cc1F. The van der Waals surface area contributed by atoms with E-state index in [0.29, 0.717) is 18.2 Å². The van der Waals surface area contributed by atoms with Crippen LogP contribution in [0.25, 0.3) is 0 Å². The number of hydrogen-bond donors (Lipinski definition) is 2. The van der Waals surface area contributed by atoms with Crippen molar-refractivity contribution in [3.8, 4) is 5.75 Å². The molecule has 0 aliphatic heterocycles. The van der Waals surface area contributed by atoms with E-state index in [1.807, 2.05) is 0 Å². The van der Waals surface area contributed by atoms with E-state index < -0.39 is 29.9 Å². The average Bonchev–Trinajstić information content (AvgIpc) is 3.26. The Morgan fingerprint density at radius 2 is 2.05 bits per heavy atom. The minimum Gasteiger partial charge on any atom is -0.478 e. The van der Waals surface area contributed by atoms with Crippen LogP contribution in [-0.4, -0.2) is 25.1 Å². The number of benzene rings is 1. The van der Waals surface area contributed by atoms with E-state index in [1.54, 1.807) is 0 Å². The monoisotopic (exact) mass is 296 g/mol. The molecule has 1 amide bonds. The van der Waals surface area contributed by atoms with Crippen molar-refractivity contribution in [3.05, 3.63) is 42.0 Å². The molecule has 1 aromatic carbocycles. The molecule has 2 rings (SSSR count). The molecule has 1 saturated carbocycles. The van der Waals surface area contributed by atoms with Gasteiger partial charge in [-0.3, -0.25) is 4.79 Å². The van der Waals surface area contributed by atoms with Crippen LogP contribution >= 0.6 is 0 Å². The standard InChI is InChI=1S/C15H18F2N2O2/c1-2-5-18-14(20)9-21-15-12(16)6-10(7-13(15)17)8-19-11-3-4-11/h2,6-7,11,19H,1,3-5,8-9H2,(H,18,20). The molecule has 1 aliphatic carbocycles. The molecule has 0 heterocycles. The Labute approximate surface area is 122 Å². The van der Waals surface area contributed by atoms with Crippen molar-refractivity contribution >= 4 is 5.91 Å². The molecule has 2 N–H and O–H groups in total. The van der Waals surface area contributed by atoms with Crippen molar-refractivity contribution < 1.29 is 18.3 Å². The van der Waals surface area contributed by atoms with Gasteiger partial charge in [-0.2, -0.15) is 0 Å². The summed E-state index contributed by atoms with van der Waals surface area (Å²) in [6, 6.07) is 2.89. The molecule has 0 spiro atoms. The van der Waals surface area contributed by atoms with Gasteiger partial charge < -0.3 is 15.4 Å². The Balaban J connectivity index is 1.92. The summed E-state index contributed by atoms with van der Waals surface area (Å²) >= 11 is 0. The Bertz CT molecular complexity index is 507. The van der Waals surface area contributed by atoms with Crippen LogP contribution in [-0.2, 0) is 11.3 Å². The van der Waals surface area contributed by atoms with E-state index in [9.17, 15) is 13.6 Å².